The number of anilines is 1. The van der Waals surface area contributed by atoms with Crippen molar-refractivity contribution in [2.24, 2.45) is 4.99 Å². The van der Waals surface area contributed by atoms with Gasteiger partial charge in [-0.25, -0.2) is 9.97 Å². The lowest BCUT2D eigenvalue weighted by Crippen LogP contribution is -2.47. The van der Waals surface area contributed by atoms with E-state index in [4.69, 9.17) is 6.42 Å². The van der Waals surface area contributed by atoms with Crippen LogP contribution in [0.4, 0.5) is 5.95 Å². The highest BCUT2D eigenvalue weighted by Crippen LogP contribution is 2.09. The minimum Gasteiger partial charge on any atom is -0.357 e. The molecule has 2 N–H and O–H groups in total. The van der Waals surface area contributed by atoms with Crippen molar-refractivity contribution in [1.29, 1.82) is 0 Å². The Morgan fingerprint density at radius 2 is 2.00 bits per heavy atom. The molecule has 7 heteroatoms. The molecule has 7 nitrogen and oxygen atoms in total. The lowest BCUT2D eigenvalue weighted by molar-refractivity contribution is 0.263. The Labute approximate surface area is 138 Å². The summed E-state index contributed by atoms with van der Waals surface area (Å²) < 4.78 is 0. The third-order valence-electron chi connectivity index (χ3n) is 3.60. The van der Waals surface area contributed by atoms with Crippen LogP contribution >= 0.6 is 0 Å². The maximum Gasteiger partial charge on any atom is 0.225 e. The van der Waals surface area contributed by atoms with Crippen molar-refractivity contribution in [3.05, 3.63) is 18.5 Å². The number of nitrogens with zero attached hydrogens (tertiary/aromatic N) is 5. The predicted octanol–water partition coefficient (Wildman–Crippen LogP) is -0.213. The van der Waals surface area contributed by atoms with Gasteiger partial charge in [0.05, 0.1) is 13.1 Å². The quantitative estimate of drug-likeness (QED) is 0.430. The number of hydrogen-bond acceptors (Lipinski definition) is 5. The molecule has 0 aromatic carbocycles. The van der Waals surface area contributed by atoms with Crippen LogP contribution in [0.15, 0.2) is 23.5 Å². The number of hydrogen-bond donors (Lipinski definition) is 2. The van der Waals surface area contributed by atoms with Gasteiger partial charge >= 0.3 is 0 Å². The van der Waals surface area contributed by atoms with Crippen LogP contribution in [-0.4, -0.2) is 73.2 Å². The third kappa shape index (κ3) is 5.75. The van der Waals surface area contributed by atoms with Crippen molar-refractivity contribution in [3.8, 4) is 12.3 Å². The van der Waals surface area contributed by atoms with Gasteiger partial charge in [0.2, 0.25) is 5.95 Å². The molecule has 0 spiro atoms. The molecule has 1 saturated heterocycles. The van der Waals surface area contributed by atoms with Crippen molar-refractivity contribution in [2.75, 3.05) is 57.3 Å². The molecular weight excluding hydrogens is 290 g/mol. The molecule has 1 aliphatic rings. The summed E-state index contributed by atoms with van der Waals surface area (Å²) in [5.74, 6) is 4.15. The second-order valence-corrected chi connectivity index (χ2v) is 5.20. The topological polar surface area (TPSA) is 68.7 Å². The van der Waals surface area contributed by atoms with Crippen LogP contribution in [0.5, 0.6) is 0 Å². The molecule has 1 aliphatic heterocycles. The van der Waals surface area contributed by atoms with Gasteiger partial charge in [-0.1, -0.05) is 5.92 Å². The van der Waals surface area contributed by atoms with Crippen molar-refractivity contribution < 1.29 is 0 Å². The monoisotopic (exact) mass is 315 g/mol. The molecule has 1 aromatic rings. The largest absolute Gasteiger partial charge is 0.357 e. The Morgan fingerprint density at radius 1 is 1.26 bits per heavy atom. The first-order chi connectivity index (χ1) is 11.3. The zero-order valence-electron chi connectivity index (χ0n) is 13.7. The summed E-state index contributed by atoms with van der Waals surface area (Å²) in [5.41, 5.74) is 0. The van der Waals surface area contributed by atoms with Gasteiger partial charge in [0, 0.05) is 51.7 Å². The molecule has 0 radical (unpaired) electrons. The van der Waals surface area contributed by atoms with Gasteiger partial charge in [0.1, 0.15) is 0 Å². The fraction of sp³-hybridized carbons (Fsp3) is 0.562. The smallest absolute Gasteiger partial charge is 0.225 e. The molecule has 1 aromatic heterocycles. The Hall–Kier alpha value is -2.33. The van der Waals surface area contributed by atoms with Crippen LogP contribution in [0.2, 0.25) is 0 Å². The average Bonchev–Trinajstić information content (AvgIpc) is 2.61. The number of guanidine groups is 1. The van der Waals surface area contributed by atoms with E-state index in [0.29, 0.717) is 6.54 Å². The molecule has 124 valence electrons. The van der Waals surface area contributed by atoms with Crippen molar-refractivity contribution >= 4 is 11.9 Å². The number of aromatic nitrogens is 2. The van der Waals surface area contributed by atoms with Gasteiger partial charge in [-0.15, -0.1) is 6.42 Å². The van der Waals surface area contributed by atoms with E-state index < -0.39 is 0 Å². The summed E-state index contributed by atoms with van der Waals surface area (Å²) in [7, 11) is 0. The molecule has 0 bridgehead atoms. The van der Waals surface area contributed by atoms with E-state index in [1.165, 1.54) is 0 Å². The molecule has 0 aliphatic carbocycles. The highest BCUT2D eigenvalue weighted by molar-refractivity contribution is 5.79. The van der Waals surface area contributed by atoms with E-state index in [9.17, 15) is 0 Å². The van der Waals surface area contributed by atoms with Crippen LogP contribution in [0.3, 0.4) is 0 Å². The van der Waals surface area contributed by atoms with Crippen LogP contribution in [0.1, 0.15) is 6.92 Å². The van der Waals surface area contributed by atoms with E-state index in [1.54, 1.807) is 12.4 Å². The zero-order chi connectivity index (χ0) is 16.3. The van der Waals surface area contributed by atoms with E-state index in [1.807, 2.05) is 13.0 Å². The van der Waals surface area contributed by atoms with E-state index in [0.717, 1.165) is 57.7 Å². The van der Waals surface area contributed by atoms with E-state index in [2.05, 4.69) is 41.3 Å². The summed E-state index contributed by atoms with van der Waals surface area (Å²) in [5, 5.41) is 6.28. The highest BCUT2D eigenvalue weighted by atomic mass is 15.3. The molecule has 2 heterocycles. The molecule has 0 atom stereocenters. The van der Waals surface area contributed by atoms with Gasteiger partial charge in [-0.2, -0.15) is 0 Å². The fourth-order valence-electron chi connectivity index (χ4n) is 2.41. The van der Waals surface area contributed by atoms with Crippen molar-refractivity contribution in [2.45, 2.75) is 6.92 Å². The van der Waals surface area contributed by atoms with Crippen molar-refractivity contribution in [3.63, 3.8) is 0 Å². The predicted molar refractivity (Wildman–Crippen MR) is 93.5 cm³/mol. The van der Waals surface area contributed by atoms with Gasteiger partial charge in [-0.05, 0) is 13.0 Å². The van der Waals surface area contributed by atoms with E-state index in [-0.39, 0.29) is 0 Å². The van der Waals surface area contributed by atoms with Crippen LogP contribution in [0, 0.1) is 12.3 Å². The highest BCUT2D eigenvalue weighted by Gasteiger charge is 2.18. The first-order valence-corrected chi connectivity index (χ1v) is 8.03. The van der Waals surface area contributed by atoms with Gasteiger partial charge in [0.15, 0.2) is 5.96 Å². The first kappa shape index (κ1) is 17.0. The lowest BCUT2D eigenvalue weighted by Gasteiger charge is -2.34. The maximum absolute atomic E-state index is 5.26. The molecule has 2 rings (SSSR count). The molecule has 0 amide bonds. The van der Waals surface area contributed by atoms with E-state index >= 15 is 0 Å². The second kappa shape index (κ2) is 9.64. The van der Waals surface area contributed by atoms with Gasteiger partial charge in [-0.3, -0.25) is 9.89 Å². The summed E-state index contributed by atoms with van der Waals surface area (Å²) in [6.07, 6.45) is 8.83. The number of aliphatic imine (C=N–C) groups is 1. The number of piperazine rings is 1. The molecule has 23 heavy (non-hydrogen) atoms. The fourth-order valence-corrected chi connectivity index (χ4v) is 2.41. The first-order valence-electron chi connectivity index (χ1n) is 8.03. The average molecular weight is 315 g/mol. The maximum atomic E-state index is 5.26. The normalized spacial score (nSPS) is 16.0. The Balaban J connectivity index is 1.72. The van der Waals surface area contributed by atoms with Crippen LogP contribution in [-0.2, 0) is 0 Å². The SMILES string of the molecule is C#CCNC(=NCCN1CCN(c2ncccn2)CC1)NCC. The molecule has 1 fully saturated rings. The molecular formula is C16H25N7. The second-order valence-electron chi connectivity index (χ2n) is 5.20. The van der Waals surface area contributed by atoms with Gasteiger partial charge in [0.25, 0.3) is 0 Å². The Bertz CT molecular complexity index is 515. The lowest BCUT2D eigenvalue weighted by atomic mass is 10.3. The number of nitrogens with one attached hydrogen (secondary N) is 2. The van der Waals surface area contributed by atoms with Crippen molar-refractivity contribution in [1.82, 2.24) is 25.5 Å². The van der Waals surface area contributed by atoms with Crippen LogP contribution < -0.4 is 15.5 Å². The third-order valence-corrected chi connectivity index (χ3v) is 3.60. The minimum atomic E-state index is 0.488. The molecule has 0 saturated carbocycles. The number of rotatable bonds is 6. The Kier molecular flexibility index (Phi) is 7.14. The summed E-state index contributed by atoms with van der Waals surface area (Å²) in [6, 6.07) is 1.84. The van der Waals surface area contributed by atoms with Crippen LogP contribution in [0.25, 0.3) is 0 Å². The number of terminal acetylenes is 1. The summed E-state index contributed by atoms with van der Waals surface area (Å²) in [6.45, 7) is 8.94. The Morgan fingerprint density at radius 3 is 2.65 bits per heavy atom. The summed E-state index contributed by atoms with van der Waals surface area (Å²) >= 11 is 0. The zero-order valence-corrected chi connectivity index (χ0v) is 13.7. The van der Waals surface area contributed by atoms with Gasteiger partial charge < -0.3 is 15.5 Å². The summed E-state index contributed by atoms with van der Waals surface area (Å²) in [4.78, 5) is 17.8. The molecule has 0 unspecified atom stereocenters. The minimum absolute atomic E-state index is 0.488. The standard InChI is InChI=1S/C16H25N7/c1-3-6-18-15(17-4-2)19-9-10-22-11-13-23(14-12-22)16-20-7-5-8-21-16/h1,5,7-8H,4,6,9-14H2,2H3,(H2,17,18,19).